The first-order chi connectivity index (χ1) is 11.2. The SMILES string of the molecule is COc1cccc(NC(=O)C2=Cc3ccc(OC)cc3OC2)c1. The van der Waals surface area contributed by atoms with E-state index in [0.717, 1.165) is 11.3 Å². The molecule has 1 aliphatic rings. The molecule has 5 heteroatoms. The number of hydrogen-bond acceptors (Lipinski definition) is 4. The third kappa shape index (κ3) is 3.29. The summed E-state index contributed by atoms with van der Waals surface area (Å²) in [5.41, 5.74) is 2.09. The Kier molecular flexibility index (Phi) is 4.19. The monoisotopic (exact) mass is 311 g/mol. The van der Waals surface area contributed by atoms with Crippen molar-refractivity contribution < 1.29 is 19.0 Å². The molecule has 0 bridgehead atoms. The molecule has 1 amide bonds. The Morgan fingerprint density at radius 1 is 1.09 bits per heavy atom. The molecular formula is C18H17NO4. The highest BCUT2D eigenvalue weighted by atomic mass is 16.5. The third-order valence-corrected chi connectivity index (χ3v) is 3.55. The molecule has 2 aromatic carbocycles. The number of carbonyl (C=O) groups is 1. The van der Waals surface area contributed by atoms with Crippen LogP contribution in [0.1, 0.15) is 5.56 Å². The molecule has 1 heterocycles. The summed E-state index contributed by atoms with van der Waals surface area (Å²) in [4.78, 5) is 12.4. The molecule has 0 aliphatic carbocycles. The van der Waals surface area contributed by atoms with Crippen LogP contribution in [-0.2, 0) is 4.79 Å². The van der Waals surface area contributed by atoms with E-state index in [9.17, 15) is 4.79 Å². The fourth-order valence-electron chi connectivity index (χ4n) is 2.31. The second kappa shape index (κ2) is 6.44. The normalized spacial score (nSPS) is 12.5. The predicted molar refractivity (Wildman–Crippen MR) is 88.1 cm³/mol. The molecule has 118 valence electrons. The van der Waals surface area contributed by atoms with E-state index in [-0.39, 0.29) is 12.5 Å². The summed E-state index contributed by atoms with van der Waals surface area (Å²) < 4.78 is 16.0. The van der Waals surface area contributed by atoms with Crippen LogP contribution in [0.5, 0.6) is 17.2 Å². The molecule has 0 unspecified atom stereocenters. The van der Waals surface area contributed by atoms with Gasteiger partial charge in [-0.3, -0.25) is 4.79 Å². The van der Waals surface area contributed by atoms with Gasteiger partial charge in [0.2, 0.25) is 0 Å². The minimum absolute atomic E-state index is 0.195. The van der Waals surface area contributed by atoms with Gasteiger partial charge in [0.25, 0.3) is 5.91 Å². The zero-order chi connectivity index (χ0) is 16.2. The van der Waals surface area contributed by atoms with Gasteiger partial charge in [0, 0.05) is 23.4 Å². The molecule has 0 saturated heterocycles. The van der Waals surface area contributed by atoms with E-state index < -0.39 is 0 Å². The number of benzene rings is 2. The number of ether oxygens (including phenoxy) is 3. The molecule has 2 aromatic rings. The lowest BCUT2D eigenvalue weighted by molar-refractivity contribution is -0.113. The van der Waals surface area contributed by atoms with Crippen molar-refractivity contribution in [1.82, 2.24) is 0 Å². The molecular weight excluding hydrogens is 294 g/mol. The van der Waals surface area contributed by atoms with Gasteiger partial charge in [-0.15, -0.1) is 0 Å². The highest BCUT2D eigenvalue weighted by molar-refractivity contribution is 6.07. The van der Waals surface area contributed by atoms with E-state index in [1.165, 1.54) is 0 Å². The van der Waals surface area contributed by atoms with E-state index in [1.54, 1.807) is 20.3 Å². The van der Waals surface area contributed by atoms with Gasteiger partial charge in [0.1, 0.15) is 23.9 Å². The van der Waals surface area contributed by atoms with Crippen LogP contribution in [0, 0.1) is 0 Å². The first kappa shape index (κ1) is 15.0. The average molecular weight is 311 g/mol. The Hall–Kier alpha value is -2.95. The Bertz CT molecular complexity index is 767. The highest BCUT2D eigenvalue weighted by Gasteiger charge is 2.18. The molecule has 0 atom stereocenters. The van der Waals surface area contributed by atoms with Crippen molar-refractivity contribution in [2.45, 2.75) is 0 Å². The van der Waals surface area contributed by atoms with Gasteiger partial charge in [0.15, 0.2) is 0 Å². The number of amides is 1. The standard InChI is InChI=1S/C18H17NO4/c1-21-15-5-3-4-14(9-15)19-18(20)13-8-12-6-7-16(22-2)10-17(12)23-11-13/h3-10H,11H2,1-2H3,(H,19,20). The van der Waals surface area contributed by atoms with Crippen molar-refractivity contribution in [3.05, 3.63) is 53.6 Å². The lowest BCUT2D eigenvalue weighted by Crippen LogP contribution is -2.21. The summed E-state index contributed by atoms with van der Waals surface area (Å²) in [5, 5.41) is 2.85. The molecule has 0 saturated carbocycles. The lowest BCUT2D eigenvalue weighted by atomic mass is 10.1. The average Bonchev–Trinajstić information content (AvgIpc) is 2.60. The number of fused-ring (bicyclic) bond motifs is 1. The molecule has 0 radical (unpaired) electrons. The number of methoxy groups -OCH3 is 2. The molecule has 5 nitrogen and oxygen atoms in total. The summed E-state index contributed by atoms with van der Waals surface area (Å²) in [6, 6.07) is 12.7. The molecule has 1 aliphatic heterocycles. The highest BCUT2D eigenvalue weighted by Crippen LogP contribution is 2.30. The van der Waals surface area contributed by atoms with Gasteiger partial charge in [-0.25, -0.2) is 0 Å². The number of nitrogens with one attached hydrogen (secondary N) is 1. The van der Waals surface area contributed by atoms with Gasteiger partial charge in [-0.05, 0) is 30.3 Å². The van der Waals surface area contributed by atoms with Crippen LogP contribution in [-0.4, -0.2) is 26.7 Å². The van der Waals surface area contributed by atoms with Crippen LogP contribution in [0.4, 0.5) is 5.69 Å². The van der Waals surface area contributed by atoms with E-state index in [4.69, 9.17) is 14.2 Å². The largest absolute Gasteiger partial charge is 0.497 e. The van der Waals surface area contributed by atoms with Gasteiger partial charge < -0.3 is 19.5 Å². The smallest absolute Gasteiger partial charge is 0.255 e. The topological polar surface area (TPSA) is 56.8 Å². The van der Waals surface area contributed by atoms with E-state index in [2.05, 4.69) is 5.32 Å². The molecule has 0 fully saturated rings. The van der Waals surface area contributed by atoms with Crippen LogP contribution in [0.15, 0.2) is 48.0 Å². The Morgan fingerprint density at radius 3 is 2.65 bits per heavy atom. The Labute approximate surface area is 134 Å². The lowest BCUT2D eigenvalue weighted by Gasteiger charge is -2.18. The van der Waals surface area contributed by atoms with Crippen molar-refractivity contribution in [3.63, 3.8) is 0 Å². The van der Waals surface area contributed by atoms with Crippen molar-refractivity contribution in [3.8, 4) is 17.2 Å². The summed E-state index contributed by atoms with van der Waals surface area (Å²) in [7, 11) is 3.19. The van der Waals surface area contributed by atoms with Crippen LogP contribution in [0.2, 0.25) is 0 Å². The van der Waals surface area contributed by atoms with E-state index in [1.807, 2.05) is 42.5 Å². The van der Waals surface area contributed by atoms with Gasteiger partial charge in [-0.1, -0.05) is 6.07 Å². The first-order valence-electron chi connectivity index (χ1n) is 7.16. The minimum Gasteiger partial charge on any atom is -0.497 e. The molecule has 0 spiro atoms. The molecule has 3 rings (SSSR count). The van der Waals surface area contributed by atoms with Crippen LogP contribution in [0.3, 0.4) is 0 Å². The Balaban J connectivity index is 1.78. The zero-order valence-electron chi connectivity index (χ0n) is 13.0. The zero-order valence-corrected chi connectivity index (χ0v) is 13.0. The maximum atomic E-state index is 12.4. The first-order valence-corrected chi connectivity index (χ1v) is 7.16. The van der Waals surface area contributed by atoms with Gasteiger partial charge in [-0.2, -0.15) is 0 Å². The fraction of sp³-hybridized carbons (Fsp3) is 0.167. The third-order valence-electron chi connectivity index (χ3n) is 3.55. The maximum Gasteiger partial charge on any atom is 0.255 e. The van der Waals surface area contributed by atoms with Gasteiger partial charge in [0.05, 0.1) is 19.8 Å². The Morgan fingerprint density at radius 2 is 1.87 bits per heavy atom. The quantitative estimate of drug-likeness (QED) is 0.942. The van der Waals surface area contributed by atoms with Crippen LogP contribution < -0.4 is 19.5 Å². The molecule has 23 heavy (non-hydrogen) atoms. The van der Waals surface area contributed by atoms with Crippen molar-refractivity contribution in [2.75, 3.05) is 26.1 Å². The van der Waals surface area contributed by atoms with Crippen molar-refractivity contribution in [1.29, 1.82) is 0 Å². The number of carbonyl (C=O) groups excluding carboxylic acids is 1. The molecule has 0 aromatic heterocycles. The number of rotatable bonds is 4. The second-order valence-corrected chi connectivity index (χ2v) is 5.05. The van der Waals surface area contributed by atoms with Crippen LogP contribution in [0.25, 0.3) is 6.08 Å². The van der Waals surface area contributed by atoms with E-state index >= 15 is 0 Å². The number of anilines is 1. The summed E-state index contributed by atoms with van der Waals surface area (Å²) in [5.74, 6) is 1.93. The van der Waals surface area contributed by atoms with Crippen LogP contribution >= 0.6 is 0 Å². The van der Waals surface area contributed by atoms with Crippen molar-refractivity contribution in [2.24, 2.45) is 0 Å². The van der Waals surface area contributed by atoms with Gasteiger partial charge >= 0.3 is 0 Å². The van der Waals surface area contributed by atoms with E-state index in [0.29, 0.717) is 22.8 Å². The predicted octanol–water partition coefficient (Wildman–Crippen LogP) is 3.12. The maximum absolute atomic E-state index is 12.4. The molecule has 1 N–H and O–H groups in total. The second-order valence-electron chi connectivity index (χ2n) is 5.05. The van der Waals surface area contributed by atoms with Crippen molar-refractivity contribution >= 4 is 17.7 Å². The minimum atomic E-state index is -0.195. The fourth-order valence-corrected chi connectivity index (χ4v) is 2.31. The summed E-state index contributed by atoms with van der Waals surface area (Å²) in [6.07, 6.45) is 1.83. The number of hydrogen-bond donors (Lipinski definition) is 1. The summed E-state index contributed by atoms with van der Waals surface area (Å²) in [6.45, 7) is 0.218. The summed E-state index contributed by atoms with van der Waals surface area (Å²) >= 11 is 0.